The minimum atomic E-state index is -0.904. The van der Waals surface area contributed by atoms with Crippen LogP contribution in [0, 0.1) is 0 Å². The predicted octanol–water partition coefficient (Wildman–Crippen LogP) is 4.99. The number of phenols is 4. The molecule has 0 spiro atoms. The highest BCUT2D eigenvalue weighted by atomic mass is 16.5. The highest BCUT2D eigenvalue weighted by molar-refractivity contribution is 6.01. The van der Waals surface area contributed by atoms with Gasteiger partial charge < -0.3 is 48.5 Å². The van der Waals surface area contributed by atoms with Crippen molar-refractivity contribution in [1.29, 1.82) is 0 Å². The molecule has 42 heavy (non-hydrogen) atoms. The van der Waals surface area contributed by atoms with Gasteiger partial charge >= 0.3 is 0 Å². The largest absolute Gasteiger partial charge is 0.504 e. The van der Waals surface area contributed by atoms with Crippen molar-refractivity contribution in [2.24, 2.45) is 0 Å². The number of phenolic OH excluding ortho intramolecular Hbond substituents is 4. The van der Waals surface area contributed by atoms with Gasteiger partial charge in [-0.2, -0.15) is 0 Å². The van der Waals surface area contributed by atoms with Gasteiger partial charge in [0, 0.05) is 23.6 Å². The van der Waals surface area contributed by atoms with Crippen LogP contribution >= 0.6 is 0 Å². The van der Waals surface area contributed by atoms with Crippen molar-refractivity contribution < 1.29 is 48.5 Å². The number of hydrogen-bond acceptors (Lipinski definition) is 11. The molecule has 0 saturated heterocycles. The molecule has 11 nitrogen and oxygen atoms in total. The summed E-state index contributed by atoms with van der Waals surface area (Å²) in [6.07, 6.45) is 0. The smallest absolute Gasteiger partial charge is 0.208 e. The molecule has 1 atom stereocenters. The van der Waals surface area contributed by atoms with Gasteiger partial charge in [-0.15, -0.1) is 0 Å². The van der Waals surface area contributed by atoms with E-state index in [9.17, 15) is 25.2 Å². The van der Waals surface area contributed by atoms with Gasteiger partial charge in [0.25, 0.3) is 0 Å². The van der Waals surface area contributed by atoms with Crippen molar-refractivity contribution in [2.45, 2.75) is 5.92 Å². The zero-order valence-corrected chi connectivity index (χ0v) is 23.3. The van der Waals surface area contributed by atoms with E-state index in [0.717, 1.165) is 6.07 Å². The lowest BCUT2D eigenvalue weighted by Crippen LogP contribution is -2.11. The van der Waals surface area contributed by atoms with Gasteiger partial charge in [0.2, 0.25) is 16.9 Å². The molecule has 4 aromatic carbocycles. The lowest BCUT2D eigenvalue weighted by Gasteiger charge is -2.25. The van der Waals surface area contributed by atoms with Crippen molar-refractivity contribution in [3.05, 3.63) is 75.4 Å². The standard InChI is InChI=1S/C31H28O11/c1-37-17-13-19(39-3)18(38-2)11-15(17)21(14-9-7-6-8-10-14)23-27(35)31(41-5)28(36)24-25(33)22-20(42-30(23)24)12-16(32)29(40-4)26(22)34/h6-13,21,32,34-36H,1-5H3/t21-/m0/s1. The number of fused-ring (bicyclic) bond motifs is 2. The van der Waals surface area contributed by atoms with Crippen molar-refractivity contribution in [1.82, 2.24) is 0 Å². The van der Waals surface area contributed by atoms with E-state index >= 15 is 0 Å². The first kappa shape index (κ1) is 28.1. The van der Waals surface area contributed by atoms with Crippen molar-refractivity contribution in [3.8, 4) is 51.7 Å². The minimum absolute atomic E-state index is 0.0326. The van der Waals surface area contributed by atoms with E-state index in [2.05, 4.69) is 0 Å². The van der Waals surface area contributed by atoms with Crippen LogP contribution < -0.4 is 29.1 Å². The normalized spacial score (nSPS) is 11.8. The molecule has 0 unspecified atom stereocenters. The highest BCUT2D eigenvalue weighted by Crippen LogP contribution is 2.53. The summed E-state index contributed by atoms with van der Waals surface area (Å²) in [6.45, 7) is 0. The number of aromatic hydroxyl groups is 4. The third kappa shape index (κ3) is 4.17. The Morgan fingerprint density at radius 1 is 0.667 bits per heavy atom. The molecule has 0 radical (unpaired) electrons. The van der Waals surface area contributed by atoms with Crippen LogP contribution in [0.3, 0.4) is 0 Å². The van der Waals surface area contributed by atoms with E-state index in [-0.39, 0.29) is 33.3 Å². The maximum absolute atomic E-state index is 13.9. The van der Waals surface area contributed by atoms with Gasteiger partial charge in [0.1, 0.15) is 22.1 Å². The topological polar surface area (TPSA) is 157 Å². The molecule has 1 aromatic heterocycles. The maximum Gasteiger partial charge on any atom is 0.208 e. The van der Waals surface area contributed by atoms with Crippen LogP contribution in [0.5, 0.6) is 51.7 Å². The monoisotopic (exact) mass is 576 g/mol. The van der Waals surface area contributed by atoms with Gasteiger partial charge in [0.05, 0.1) is 41.1 Å². The Morgan fingerprint density at radius 3 is 1.86 bits per heavy atom. The summed E-state index contributed by atoms with van der Waals surface area (Å²) in [4.78, 5) is 13.9. The molecule has 218 valence electrons. The Balaban J connectivity index is 2.02. The predicted molar refractivity (Wildman–Crippen MR) is 153 cm³/mol. The van der Waals surface area contributed by atoms with Gasteiger partial charge in [-0.1, -0.05) is 30.3 Å². The molecule has 5 aromatic rings. The van der Waals surface area contributed by atoms with E-state index in [4.69, 9.17) is 28.1 Å². The van der Waals surface area contributed by atoms with Crippen molar-refractivity contribution in [2.75, 3.05) is 35.5 Å². The van der Waals surface area contributed by atoms with E-state index < -0.39 is 40.1 Å². The molecular weight excluding hydrogens is 548 g/mol. The summed E-state index contributed by atoms with van der Waals surface area (Å²) in [7, 11) is 6.85. The van der Waals surface area contributed by atoms with E-state index in [1.807, 2.05) is 6.07 Å². The van der Waals surface area contributed by atoms with Crippen molar-refractivity contribution >= 4 is 21.9 Å². The van der Waals surface area contributed by atoms with Crippen LogP contribution in [-0.4, -0.2) is 56.0 Å². The fourth-order valence-electron chi connectivity index (χ4n) is 5.25. The molecule has 0 bridgehead atoms. The SMILES string of the molecule is COc1cc(OC)c([C@H](c2ccccc2)c2c(O)c(OC)c(O)c3c(=O)c4c(O)c(OC)c(O)cc4oc23)cc1OC. The lowest BCUT2D eigenvalue weighted by atomic mass is 9.82. The highest BCUT2D eigenvalue weighted by Gasteiger charge is 2.34. The summed E-state index contributed by atoms with van der Waals surface area (Å²) in [5, 5.41) is 43.3. The molecule has 0 aliphatic carbocycles. The number of methoxy groups -OCH3 is 5. The Bertz CT molecular complexity index is 1880. The van der Waals surface area contributed by atoms with Crippen LogP contribution in [-0.2, 0) is 0 Å². The fraction of sp³-hybridized carbons (Fsp3) is 0.194. The minimum Gasteiger partial charge on any atom is -0.504 e. The van der Waals surface area contributed by atoms with E-state index in [1.165, 1.54) is 35.5 Å². The molecule has 5 rings (SSSR count). The Labute approximate surface area is 239 Å². The Kier molecular flexibility index (Phi) is 7.25. The first-order valence-corrected chi connectivity index (χ1v) is 12.6. The Hall–Kier alpha value is -5.45. The van der Waals surface area contributed by atoms with Crippen LogP contribution in [0.2, 0.25) is 0 Å². The summed E-state index contributed by atoms with van der Waals surface area (Å²) in [6, 6.07) is 13.4. The summed E-state index contributed by atoms with van der Waals surface area (Å²) in [5.74, 6) is -2.95. The molecular formula is C31H28O11. The number of hydrogen-bond donors (Lipinski definition) is 4. The molecule has 0 aliphatic rings. The molecule has 4 N–H and O–H groups in total. The molecule has 0 saturated carbocycles. The zero-order chi connectivity index (χ0) is 30.3. The third-order valence-corrected chi connectivity index (χ3v) is 7.14. The second-order valence-electron chi connectivity index (χ2n) is 9.22. The van der Waals surface area contributed by atoms with Gasteiger partial charge in [-0.25, -0.2) is 0 Å². The van der Waals surface area contributed by atoms with Crippen LogP contribution in [0.25, 0.3) is 21.9 Å². The van der Waals surface area contributed by atoms with Crippen LogP contribution in [0.15, 0.2) is 57.7 Å². The van der Waals surface area contributed by atoms with E-state index in [0.29, 0.717) is 28.4 Å². The molecule has 0 amide bonds. The summed E-state index contributed by atoms with van der Waals surface area (Å²) in [5.41, 5.74) is -0.155. The zero-order valence-electron chi connectivity index (χ0n) is 23.3. The van der Waals surface area contributed by atoms with Gasteiger partial charge in [-0.3, -0.25) is 4.79 Å². The van der Waals surface area contributed by atoms with E-state index in [1.54, 1.807) is 36.4 Å². The fourth-order valence-corrected chi connectivity index (χ4v) is 5.25. The van der Waals surface area contributed by atoms with Gasteiger partial charge in [0.15, 0.2) is 40.1 Å². The lowest BCUT2D eigenvalue weighted by molar-refractivity contribution is 0.342. The quantitative estimate of drug-likeness (QED) is 0.146. The second-order valence-corrected chi connectivity index (χ2v) is 9.22. The van der Waals surface area contributed by atoms with Crippen molar-refractivity contribution in [3.63, 3.8) is 0 Å². The average molecular weight is 577 g/mol. The second kappa shape index (κ2) is 10.8. The number of ether oxygens (including phenoxy) is 5. The van der Waals surface area contributed by atoms with Crippen LogP contribution in [0.1, 0.15) is 22.6 Å². The molecule has 1 heterocycles. The number of rotatable bonds is 8. The first-order valence-electron chi connectivity index (χ1n) is 12.6. The maximum atomic E-state index is 13.9. The number of benzene rings is 4. The molecule has 11 heteroatoms. The molecule has 0 aliphatic heterocycles. The van der Waals surface area contributed by atoms with Crippen LogP contribution in [0.4, 0.5) is 0 Å². The molecule has 0 fully saturated rings. The first-order chi connectivity index (χ1) is 20.2. The third-order valence-electron chi connectivity index (χ3n) is 7.14. The summed E-state index contributed by atoms with van der Waals surface area (Å²) >= 11 is 0. The Morgan fingerprint density at radius 2 is 1.26 bits per heavy atom. The van der Waals surface area contributed by atoms with Gasteiger partial charge in [-0.05, 0) is 11.6 Å². The average Bonchev–Trinajstić information content (AvgIpc) is 2.99. The summed E-state index contributed by atoms with van der Waals surface area (Å²) < 4.78 is 33.3.